The molecule has 1 saturated heterocycles. The number of phenolic OH excluding ortho intramolecular Hbond substituents is 1. The van der Waals surface area contributed by atoms with E-state index in [1.807, 2.05) is 62.4 Å². The minimum absolute atomic E-state index is 0.134. The third-order valence-corrected chi connectivity index (χ3v) is 10.8. The number of hydrogen-bond acceptors (Lipinski definition) is 5. The topological polar surface area (TPSA) is 51.2 Å². The molecule has 1 atom stereocenters. The minimum Gasteiger partial charge on any atom is -0.508 e. The summed E-state index contributed by atoms with van der Waals surface area (Å²) >= 11 is 0. The van der Waals surface area contributed by atoms with Crippen molar-refractivity contribution < 1.29 is 32.5 Å². The van der Waals surface area contributed by atoms with Gasteiger partial charge in [-0.25, -0.2) is 0 Å². The van der Waals surface area contributed by atoms with E-state index in [0.29, 0.717) is 22.8 Å². The van der Waals surface area contributed by atoms with E-state index in [1.54, 1.807) is 32.4 Å². The average molecular weight is 678 g/mol. The maximum Gasteiger partial charge on any atom is 0.416 e. The molecule has 0 amide bonds. The van der Waals surface area contributed by atoms with Crippen molar-refractivity contribution in [1.82, 2.24) is 0 Å². The molecule has 0 bridgehead atoms. The number of hydrogen-bond donors (Lipinski definition) is 1. The molecule has 2 heterocycles. The van der Waals surface area contributed by atoms with Crippen LogP contribution in [0.2, 0.25) is 0 Å². The molecule has 5 aromatic rings. The van der Waals surface area contributed by atoms with Crippen molar-refractivity contribution in [2.45, 2.75) is 50.3 Å². The van der Waals surface area contributed by atoms with Crippen molar-refractivity contribution in [3.63, 3.8) is 0 Å². The first kappa shape index (κ1) is 32.1. The summed E-state index contributed by atoms with van der Waals surface area (Å²) in [5.74, 6) is 2.16. The number of alkyl halides is 3. The third-order valence-electron chi connectivity index (χ3n) is 10.8. The molecular formula is C42H38F3NO4. The van der Waals surface area contributed by atoms with Gasteiger partial charge in [-0.3, -0.25) is 0 Å². The number of rotatable bonds is 5. The maximum atomic E-state index is 14.1. The molecule has 5 aromatic carbocycles. The molecule has 0 aromatic heterocycles. The van der Waals surface area contributed by atoms with E-state index in [9.17, 15) is 18.3 Å². The van der Waals surface area contributed by atoms with Crippen LogP contribution in [0.5, 0.6) is 23.0 Å². The number of halogens is 3. The van der Waals surface area contributed by atoms with Crippen LogP contribution < -0.4 is 19.1 Å². The summed E-state index contributed by atoms with van der Waals surface area (Å²) in [4.78, 5) is 2.35. The molecule has 50 heavy (non-hydrogen) atoms. The SMILES string of the molecule is COc1ccc(C2(c3ccc(O)cc3)C=Cc3c4c(c5cc(N6CCCCC6)c(OC)cc5c3O2)-c2ccc(C(F)(F)F)cc2C4(C)C)cc1. The van der Waals surface area contributed by atoms with E-state index < -0.39 is 22.8 Å². The van der Waals surface area contributed by atoms with E-state index in [-0.39, 0.29) is 5.75 Å². The molecule has 0 saturated carbocycles. The van der Waals surface area contributed by atoms with Gasteiger partial charge in [0.05, 0.1) is 25.5 Å². The Bertz CT molecular complexity index is 2160. The molecular weight excluding hydrogens is 639 g/mol. The summed E-state index contributed by atoms with van der Waals surface area (Å²) < 4.78 is 61.2. The number of phenols is 1. The molecule has 3 aliphatic rings. The lowest BCUT2D eigenvalue weighted by molar-refractivity contribution is -0.137. The Kier molecular flexibility index (Phi) is 7.37. The fourth-order valence-corrected chi connectivity index (χ4v) is 8.25. The third kappa shape index (κ3) is 4.83. The van der Waals surface area contributed by atoms with E-state index in [2.05, 4.69) is 17.0 Å². The summed E-state index contributed by atoms with van der Waals surface area (Å²) in [6, 6.07) is 23.0. The van der Waals surface area contributed by atoms with Gasteiger partial charge in [-0.1, -0.05) is 50.3 Å². The molecule has 5 nitrogen and oxygen atoms in total. The molecule has 1 aliphatic carbocycles. The van der Waals surface area contributed by atoms with Crippen molar-refractivity contribution in [3.05, 3.63) is 118 Å². The van der Waals surface area contributed by atoms with Gasteiger partial charge >= 0.3 is 6.18 Å². The Labute approximate surface area is 289 Å². The highest BCUT2D eigenvalue weighted by molar-refractivity contribution is 6.10. The van der Waals surface area contributed by atoms with E-state index in [1.165, 1.54) is 18.6 Å². The summed E-state index contributed by atoms with van der Waals surface area (Å²) in [6.07, 6.45) is 2.91. The molecule has 8 rings (SSSR count). The lowest BCUT2D eigenvalue weighted by atomic mass is 9.76. The molecule has 1 N–H and O–H groups in total. The van der Waals surface area contributed by atoms with Gasteiger partial charge in [-0.2, -0.15) is 13.2 Å². The lowest BCUT2D eigenvalue weighted by Gasteiger charge is -2.39. The number of anilines is 1. The zero-order valence-corrected chi connectivity index (χ0v) is 28.4. The van der Waals surface area contributed by atoms with Crippen molar-refractivity contribution in [2.75, 3.05) is 32.2 Å². The van der Waals surface area contributed by atoms with Gasteiger partial charge in [0.1, 0.15) is 23.0 Å². The normalized spacial score (nSPS) is 19.1. The number of fused-ring (bicyclic) bond motifs is 8. The minimum atomic E-state index is -4.47. The first-order valence-electron chi connectivity index (χ1n) is 17.0. The van der Waals surface area contributed by atoms with Crippen molar-refractivity contribution in [1.29, 1.82) is 0 Å². The first-order valence-corrected chi connectivity index (χ1v) is 17.0. The fraction of sp³-hybridized carbons (Fsp3) is 0.286. The zero-order chi connectivity index (χ0) is 35.0. The van der Waals surface area contributed by atoms with E-state index in [4.69, 9.17) is 14.2 Å². The Morgan fingerprint density at radius 2 is 1.48 bits per heavy atom. The van der Waals surface area contributed by atoms with Crippen LogP contribution in [0.1, 0.15) is 66.5 Å². The van der Waals surface area contributed by atoms with Crippen LogP contribution in [0.4, 0.5) is 18.9 Å². The highest BCUT2D eigenvalue weighted by Gasteiger charge is 2.45. The van der Waals surface area contributed by atoms with Crippen LogP contribution in [-0.2, 0) is 17.2 Å². The molecule has 0 radical (unpaired) electrons. The number of nitrogens with zero attached hydrogens (tertiary/aromatic N) is 1. The highest BCUT2D eigenvalue weighted by Crippen LogP contribution is 2.59. The molecule has 1 fully saturated rings. The number of benzene rings is 5. The molecule has 256 valence electrons. The smallest absolute Gasteiger partial charge is 0.416 e. The Hall–Kier alpha value is -5.11. The zero-order valence-electron chi connectivity index (χ0n) is 28.4. The molecule has 0 spiro atoms. The maximum absolute atomic E-state index is 14.1. The van der Waals surface area contributed by atoms with Gasteiger partial charge in [0.25, 0.3) is 0 Å². The lowest BCUT2D eigenvalue weighted by Crippen LogP contribution is -2.35. The van der Waals surface area contributed by atoms with E-state index in [0.717, 1.165) is 75.8 Å². The number of methoxy groups -OCH3 is 2. The molecule has 2 aliphatic heterocycles. The number of ether oxygens (including phenoxy) is 3. The van der Waals surface area contributed by atoms with Gasteiger partial charge in [-0.05, 0) is 102 Å². The van der Waals surface area contributed by atoms with Crippen LogP contribution in [0.25, 0.3) is 28.0 Å². The van der Waals surface area contributed by atoms with Crippen molar-refractivity contribution in [3.8, 4) is 34.1 Å². The molecule has 1 unspecified atom stereocenters. The Morgan fingerprint density at radius 1 is 0.800 bits per heavy atom. The van der Waals surface area contributed by atoms with Crippen LogP contribution >= 0.6 is 0 Å². The van der Waals surface area contributed by atoms with Crippen molar-refractivity contribution in [2.24, 2.45) is 0 Å². The summed E-state index contributed by atoms with van der Waals surface area (Å²) in [5.41, 5.74) is 4.14. The standard InChI is InChI=1S/C42H38F3NO4/c1-40(2)34-22-27(42(43,44)45)12-17-30(34)37-32-23-35(46-20-6-5-7-21-46)36(49-4)24-33(32)39-31(38(37)40)18-19-41(50-39,25-8-13-28(47)14-9-25)26-10-15-29(48-3)16-11-26/h8-19,22-24,47H,5-7,20-21H2,1-4H3. The number of aromatic hydroxyl groups is 1. The predicted molar refractivity (Wildman–Crippen MR) is 191 cm³/mol. The van der Waals surface area contributed by atoms with E-state index >= 15 is 0 Å². The second-order valence-corrected chi connectivity index (χ2v) is 13.9. The van der Waals surface area contributed by atoms with Gasteiger partial charge in [-0.15, -0.1) is 0 Å². The van der Waals surface area contributed by atoms with Gasteiger partial charge in [0, 0.05) is 40.6 Å². The van der Waals surface area contributed by atoms with Gasteiger partial charge in [0.15, 0.2) is 5.60 Å². The molecule has 8 heteroatoms. The summed E-state index contributed by atoms with van der Waals surface area (Å²) in [6.45, 7) is 5.79. The van der Waals surface area contributed by atoms with Crippen molar-refractivity contribution >= 4 is 22.5 Å². The first-order chi connectivity index (χ1) is 24.0. The Morgan fingerprint density at radius 3 is 2.12 bits per heavy atom. The van der Waals surface area contributed by atoms with Crippen LogP contribution in [0.15, 0.2) is 84.9 Å². The van der Waals surface area contributed by atoms with Gasteiger partial charge < -0.3 is 24.2 Å². The summed E-state index contributed by atoms with van der Waals surface area (Å²) in [7, 11) is 3.29. The quantitative estimate of drug-likeness (QED) is 0.201. The second kappa shape index (κ2) is 11.5. The summed E-state index contributed by atoms with van der Waals surface area (Å²) in [5, 5.41) is 11.9. The highest BCUT2D eigenvalue weighted by atomic mass is 19.4. The predicted octanol–water partition coefficient (Wildman–Crippen LogP) is 10.2. The fourth-order valence-electron chi connectivity index (χ4n) is 8.25. The Balaban J connectivity index is 1.45. The number of piperidine rings is 1. The van der Waals surface area contributed by atoms with Crippen LogP contribution in [0.3, 0.4) is 0 Å². The monoisotopic (exact) mass is 677 g/mol. The second-order valence-electron chi connectivity index (χ2n) is 13.9. The van der Waals surface area contributed by atoms with Crippen LogP contribution in [0, 0.1) is 0 Å². The largest absolute Gasteiger partial charge is 0.508 e. The van der Waals surface area contributed by atoms with Crippen LogP contribution in [-0.4, -0.2) is 32.4 Å². The average Bonchev–Trinajstić information content (AvgIpc) is 3.37. The van der Waals surface area contributed by atoms with Gasteiger partial charge in [0.2, 0.25) is 0 Å².